The van der Waals surface area contributed by atoms with Gasteiger partial charge in [0.05, 0.1) is 23.2 Å². The third-order valence-electron chi connectivity index (χ3n) is 5.54. The lowest BCUT2D eigenvalue weighted by Gasteiger charge is -2.18. The van der Waals surface area contributed by atoms with Crippen molar-refractivity contribution in [1.82, 2.24) is 19.1 Å². The van der Waals surface area contributed by atoms with Gasteiger partial charge in [-0.2, -0.15) is 19.2 Å². The lowest BCUT2D eigenvalue weighted by molar-refractivity contribution is 0.442. The van der Waals surface area contributed by atoms with Gasteiger partial charge in [-0.1, -0.05) is 32.0 Å². The van der Waals surface area contributed by atoms with Gasteiger partial charge in [0.1, 0.15) is 22.3 Å². The zero-order chi connectivity index (χ0) is 26.4. The maximum Gasteiger partial charge on any atom is 0.244 e. The van der Waals surface area contributed by atoms with Gasteiger partial charge in [-0.15, -0.1) is 0 Å². The molecular weight excluding hydrogens is 495 g/mol. The Balaban J connectivity index is 1.60. The van der Waals surface area contributed by atoms with E-state index in [4.69, 9.17) is 4.74 Å². The number of aryl methyl sites for hydroxylation is 1. The van der Waals surface area contributed by atoms with Gasteiger partial charge in [0, 0.05) is 19.3 Å². The summed E-state index contributed by atoms with van der Waals surface area (Å²) in [6.07, 6.45) is 2.84. The number of hydrogen-bond donors (Lipinski definition) is 1. The second-order valence-electron chi connectivity index (χ2n) is 7.95. The summed E-state index contributed by atoms with van der Waals surface area (Å²) < 4.78 is 47.8. The molecule has 0 bridgehead atoms. The van der Waals surface area contributed by atoms with Crippen molar-refractivity contribution in [3.8, 4) is 17.3 Å². The van der Waals surface area contributed by atoms with Crippen LogP contribution in [0.5, 0.6) is 11.6 Å². The van der Waals surface area contributed by atoms with Gasteiger partial charge in [0.25, 0.3) is 0 Å². The van der Waals surface area contributed by atoms with E-state index in [9.17, 15) is 12.8 Å². The van der Waals surface area contributed by atoms with E-state index in [-0.39, 0.29) is 10.7 Å². The first-order chi connectivity index (χ1) is 17.8. The Bertz CT molecular complexity index is 1470. The largest absolute Gasteiger partial charge is 0.438 e. The van der Waals surface area contributed by atoms with Crippen LogP contribution in [-0.4, -0.2) is 46.8 Å². The van der Waals surface area contributed by atoms with Crippen LogP contribution < -0.4 is 10.2 Å². The number of pyridine rings is 1. The van der Waals surface area contributed by atoms with E-state index in [1.165, 1.54) is 40.8 Å². The van der Waals surface area contributed by atoms with Crippen molar-refractivity contribution < 1.29 is 17.5 Å². The van der Waals surface area contributed by atoms with Gasteiger partial charge in [0.2, 0.25) is 15.9 Å². The quantitative estimate of drug-likeness (QED) is 0.233. The molecular formula is C26H27FN6O3S. The van der Waals surface area contributed by atoms with Gasteiger partial charge in [-0.05, 0) is 55.5 Å². The predicted molar refractivity (Wildman–Crippen MR) is 140 cm³/mol. The van der Waals surface area contributed by atoms with Crippen LogP contribution in [0.15, 0.2) is 82.9 Å². The third kappa shape index (κ3) is 5.84. The predicted octanol–water partition coefficient (Wildman–Crippen LogP) is 4.98. The fourth-order valence-corrected chi connectivity index (χ4v) is 5.00. The highest BCUT2D eigenvalue weighted by molar-refractivity contribution is 7.89. The maximum absolute atomic E-state index is 13.4. The topological polar surface area (TPSA) is 102 Å². The summed E-state index contributed by atoms with van der Waals surface area (Å²) in [5, 5.41) is 8.87. The number of aromatic nitrogens is 3. The van der Waals surface area contributed by atoms with Crippen molar-refractivity contribution in [3.05, 3.63) is 90.0 Å². The molecule has 37 heavy (non-hydrogen) atoms. The molecule has 0 atom stereocenters. The fourth-order valence-electron chi connectivity index (χ4n) is 3.60. The maximum atomic E-state index is 13.4. The number of halogens is 1. The molecule has 4 aromatic rings. The Morgan fingerprint density at radius 3 is 2.38 bits per heavy atom. The number of nitrogens with zero attached hydrogens (tertiary/aromatic N) is 5. The number of nitrogens with one attached hydrogen (secondary N) is 1. The Kier molecular flexibility index (Phi) is 7.95. The van der Waals surface area contributed by atoms with E-state index in [1.54, 1.807) is 30.8 Å². The molecule has 0 saturated carbocycles. The van der Waals surface area contributed by atoms with Gasteiger partial charge < -0.3 is 4.74 Å². The molecule has 2 heterocycles. The highest BCUT2D eigenvalue weighted by Crippen LogP contribution is 2.29. The molecule has 0 spiro atoms. The molecule has 11 heteroatoms. The van der Waals surface area contributed by atoms with Crippen molar-refractivity contribution in [3.63, 3.8) is 0 Å². The number of anilines is 1. The van der Waals surface area contributed by atoms with Gasteiger partial charge in [-0.3, -0.25) is 5.43 Å². The number of benzene rings is 2. The van der Waals surface area contributed by atoms with E-state index in [2.05, 4.69) is 20.6 Å². The monoisotopic (exact) mass is 522 g/mol. The molecule has 9 nitrogen and oxygen atoms in total. The highest BCUT2D eigenvalue weighted by Gasteiger charge is 2.22. The van der Waals surface area contributed by atoms with Crippen molar-refractivity contribution in [2.75, 3.05) is 18.5 Å². The molecule has 2 aromatic carbocycles. The van der Waals surface area contributed by atoms with Crippen LogP contribution in [-0.2, 0) is 10.0 Å². The first kappa shape index (κ1) is 26.0. The molecule has 0 aliphatic heterocycles. The minimum Gasteiger partial charge on any atom is -0.438 e. The minimum atomic E-state index is -3.60. The smallest absolute Gasteiger partial charge is 0.244 e. The first-order valence-corrected chi connectivity index (χ1v) is 13.1. The van der Waals surface area contributed by atoms with Crippen LogP contribution in [0.4, 0.5) is 10.2 Å². The Hall–Kier alpha value is -4.09. The molecule has 0 amide bonds. The van der Waals surface area contributed by atoms with Crippen LogP contribution in [0.2, 0.25) is 0 Å². The first-order valence-electron chi connectivity index (χ1n) is 11.7. The van der Waals surface area contributed by atoms with Gasteiger partial charge in [-0.25, -0.2) is 17.8 Å². The molecule has 0 unspecified atom stereocenters. The number of para-hydroxylation sites is 1. The number of hydrazone groups is 1. The van der Waals surface area contributed by atoms with Crippen molar-refractivity contribution in [2.24, 2.45) is 5.10 Å². The molecule has 4 rings (SSSR count). The Morgan fingerprint density at radius 1 is 1.05 bits per heavy atom. The van der Waals surface area contributed by atoms with Gasteiger partial charge in [0.15, 0.2) is 0 Å². The Morgan fingerprint density at radius 2 is 1.76 bits per heavy atom. The summed E-state index contributed by atoms with van der Waals surface area (Å²) in [5.74, 6) is 0.834. The molecule has 0 fully saturated rings. The van der Waals surface area contributed by atoms with Crippen LogP contribution in [0.3, 0.4) is 0 Å². The average Bonchev–Trinajstić information content (AvgIpc) is 3.21. The lowest BCUT2D eigenvalue weighted by Crippen LogP contribution is -2.30. The second kappa shape index (κ2) is 11.3. The van der Waals surface area contributed by atoms with Crippen LogP contribution in [0.1, 0.15) is 25.1 Å². The number of hydrogen-bond acceptors (Lipinski definition) is 7. The molecule has 0 saturated heterocycles. The minimum absolute atomic E-state index is 0.112. The Labute approximate surface area is 215 Å². The molecule has 0 aliphatic carbocycles. The molecule has 0 aliphatic rings. The SMILES string of the molecule is CCN(CC)S(=O)(=O)c1ccc(N/N=C/c2c(C)nn(-c3ccccc3)c2Oc2ccc(F)cc2)nc1. The van der Waals surface area contributed by atoms with E-state index in [1.807, 2.05) is 37.3 Å². The van der Waals surface area contributed by atoms with E-state index in [0.717, 1.165) is 5.69 Å². The fraction of sp³-hybridized carbons (Fsp3) is 0.192. The molecule has 2 aromatic heterocycles. The summed E-state index contributed by atoms with van der Waals surface area (Å²) in [6, 6.07) is 18.2. The summed E-state index contributed by atoms with van der Waals surface area (Å²) in [6.45, 7) is 6.15. The zero-order valence-corrected chi connectivity index (χ0v) is 21.5. The van der Waals surface area contributed by atoms with Crippen molar-refractivity contribution in [1.29, 1.82) is 0 Å². The van der Waals surface area contributed by atoms with Crippen LogP contribution in [0.25, 0.3) is 5.69 Å². The van der Waals surface area contributed by atoms with E-state index >= 15 is 0 Å². The summed E-state index contributed by atoms with van der Waals surface area (Å²) in [7, 11) is -3.60. The van der Waals surface area contributed by atoms with E-state index < -0.39 is 10.0 Å². The van der Waals surface area contributed by atoms with E-state index in [0.29, 0.717) is 41.8 Å². The summed E-state index contributed by atoms with van der Waals surface area (Å²) in [4.78, 5) is 4.29. The molecule has 192 valence electrons. The number of rotatable bonds is 10. The highest BCUT2D eigenvalue weighted by atomic mass is 32.2. The normalized spacial score (nSPS) is 11.8. The molecule has 0 radical (unpaired) electrons. The summed E-state index contributed by atoms with van der Waals surface area (Å²) >= 11 is 0. The third-order valence-corrected chi connectivity index (χ3v) is 7.58. The van der Waals surface area contributed by atoms with Crippen molar-refractivity contribution in [2.45, 2.75) is 25.7 Å². The molecule has 1 N–H and O–H groups in total. The number of ether oxygens (including phenoxy) is 1. The van der Waals surface area contributed by atoms with Crippen molar-refractivity contribution >= 4 is 22.1 Å². The summed E-state index contributed by atoms with van der Waals surface area (Å²) in [5.41, 5.74) is 4.84. The second-order valence-corrected chi connectivity index (χ2v) is 9.88. The van der Waals surface area contributed by atoms with Gasteiger partial charge >= 0.3 is 0 Å². The lowest BCUT2D eigenvalue weighted by atomic mass is 10.2. The zero-order valence-electron chi connectivity index (χ0n) is 20.7. The van der Waals surface area contributed by atoms with Crippen LogP contribution in [0, 0.1) is 12.7 Å². The number of sulfonamides is 1. The van der Waals surface area contributed by atoms with Crippen LogP contribution >= 0.6 is 0 Å². The average molecular weight is 523 g/mol. The standard InChI is InChI=1S/C26H27FN6O3S/c1-4-32(5-2)37(34,35)23-15-16-25(28-17-23)30-29-18-24-19(3)31-33(21-9-7-6-8-10-21)26(24)36-22-13-11-20(27)12-14-22/h6-18H,4-5H2,1-3H3,(H,28,30)/b29-18+.